The van der Waals surface area contributed by atoms with Crippen LogP contribution in [0.5, 0.6) is 0 Å². The summed E-state index contributed by atoms with van der Waals surface area (Å²) in [4.78, 5) is 11.6. The summed E-state index contributed by atoms with van der Waals surface area (Å²) in [5, 5.41) is 0. The van der Waals surface area contributed by atoms with Crippen molar-refractivity contribution in [2.24, 2.45) is 0 Å². The first-order valence-electron chi connectivity index (χ1n) is 6.19. The van der Waals surface area contributed by atoms with Crippen molar-refractivity contribution in [3.63, 3.8) is 0 Å². The maximum atomic E-state index is 11.6. The summed E-state index contributed by atoms with van der Waals surface area (Å²) in [6.45, 7) is 12.3. The molecule has 1 aliphatic rings. The molecule has 1 aliphatic heterocycles. The monoisotopic (exact) mass is 240 g/mol. The molecule has 2 nitrogen and oxygen atoms in total. The van der Waals surface area contributed by atoms with Crippen molar-refractivity contribution in [1.29, 1.82) is 0 Å². The quantitative estimate of drug-likeness (QED) is 0.426. The van der Waals surface area contributed by atoms with Crippen LogP contribution in [0.1, 0.15) is 33.1 Å². The third-order valence-electron chi connectivity index (χ3n) is 3.82. The van der Waals surface area contributed by atoms with E-state index in [1.54, 1.807) is 6.92 Å². The second-order valence-electron chi connectivity index (χ2n) is 5.87. The van der Waals surface area contributed by atoms with Gasteiger partial charge < -0.3 is 4.74 Å². The number of hydrogen-bond acceptors (Lipinski definition) is 2. The van der Waals surface area contributed by atoms with Crippen molar-refractivity contribution in [1.82, 2.24) is 0 Å². The zero-order chi connectivity index (χ0) is 12.4. The van der Waals surface area contributed by atoms with Gasteiger partial charge in [-0.15, -0.1) is 0 Å². The van der Waals surface area contributed by atoms with Crippen LogP contribution in [0.2, 0.25) is 25.2 Å². The van der Waals surface area contributed by atoms with E-state index in [2.05, 4.69) is 26.6 Å². The fourth-order valence-corrected chi connectivity index (χ4v) is 4.71. The van der Waals surface area contributed by atoms with Gasteiger partial charge in [-0.05, 0) is 26.2 Å². The molecular formula is C13H24O2Si. The van der Waals surface area contributed by atoms with Gasteiger partial charge >= 0.3 is 5.97 Å². The van der Waals surface area contributed by atoms with Gasteiger partial charge in [0, 0.05) is 13.6 Å². The van der Waals surface area contributed by atoms with Crippen molar-refractivity contribution in [3.8, 4) is 0 Å². The predicted octanol–water partition coefficient (Wildman–Crippen LogP) is 3.76. The maximum absolute atomic E-state index is 11.6. The van der Waals surface area contributed by atoms with Gasteiger partial charge in [0.1, 0.15) is 5.60 Å². The van der Waals surface area contributed by atoms with Crippen LogP contribution in [0, 0.1) is 0 Å². The van der Waals surface area contributed by atoms with Gasteiger partial charge in [-0.1, -0.05) is 38.7 Å². The molecule has 92 valence electrons. The first kappa shape index (κ1) is 13.5. The van der Waals surface area contributed by atoms with E-state index >= 15 is 0 Å². The molecule has 1 saturated heterocycles. The van der Waals surface area contributed by atoms with Gasteiger partial charge in [-0.2, -0.15) is 0 Å². The molecule has 0 aromatic carbocycles. The Labute approximate surface area is 100 Å². The lowest BCUT2D eigenvalue weighted by Gasteiger charge is -2.41. The molecule has 0 N–H and O–H groups in total. The minimum absolute atomic E-state index is 0.196. The van der Waals surface area contributed by atoms with E-state index in [4.69, 9.17) is 4.74 Å². The first-order chi connectivity index (χ1) is 7.30. The number of carbonyl (C=O) groups excluding carboxylic acids is 1. The Morgan fingerprint density at radius 3 is 2.25 bits per heavy atom. The molecule has 0 spiro atoms. The molecule has 0 aromatic heterocycles. The molecule has 0 radical (unpaired) electrons. The molecule has 1 heterocycles. The van der Waals surface area contributed by atoms with Crippen molar-refractivity contribution in [2.45, 2.75) is 63.9 Å². The van der Waals surface area contributed by atoms with Gasteiger partial charge in [0.15, 0.2) is 0 Å². The van der Waals surface area contributed by atoms with E-state index in [-0.39, 0.29) is 11.6 Å². The van der Waals surface area contributed by atoms with Gasteiger partial charge in [-0.3, -0.25) is 0 Å². The summed E-state index contributed by atoms with van der Waals surface area (Å²) < 4.78 is 5.67. The number of carbonyl (C=O) groups is 1. The lowest BCUT2D eigenvalue weighted by atomic mass is 9.93. The Bertz CT molecular complexity index is 284. The molecule has 0 saturated carbocycles. The summed E-state index contributed by atoms with van der Waals surface area (Å²) in [7, 11) is -0.988. The average Bonchev–Trinajstić information content (AvgIpc) is 2.21. The largest absolute Gasteiger partial charge is 0.456 e. The second kappa shape index (κ2) is 4.74. The molecule has 0 atom stereocenters. The zero-order valence-electron chi connectivity index (χ0n) is 11.1. The van der Waals surface area contributed by atoms with Crippen LogP contribution in [0.3, 0.4) is 0 Å². The van der Waals surface area contributed by atoms with Crippen LogP contribution in [0.15, 0.2) is 12.2 Å². The third kappa shape index (κ3) is 3.21. The Kier molecular flexibility index (Phi) is 4.00. The van der Waals surface area contributed by atoms with Crippen molar-refractivity contribution in [2.75, 3.05) is 0 Å². The minimum Gasteiger partial charge on any atom is -0.456 e. The van der Waals surface area contributed by atoms with Gasteiger partial charge in [0.2, 0.25) is 0 Å². The zero-order valence-corrected chi connectivity index (χ0v) is 12.1. The highest BCUT2D eigenvalue weighted by atomic mass is 28.3. The van der Waals surface area contributed by atoms with Crippen LogP contribution < -0.4 is 0 Å². The highest BCUT2D eigenvalue weighted by Crippen LogP contribution is 2.39. The number of esters is 1. The highest BCUT2D eigenvalue weighted by Gasteiger charge is 2.40. The van der Waals surface area contributed by atoms with Crippen LogP contribution in [-0.4, -0.2) is 19.6 Å². The summed E-state index contributed by atoms with van der Waals surface area (Å²) >= 11 is 0. The van der Waals surface area contributed by atoms with Crippen LogP contribution in [0.4, 0.5) is 0 Å². The smallest absolute Gasteiger partial charge is 0.333 e. The maximum Gasteiger partial charge on any atom is 0.333 e. The van der Waals surface area contributed by atoms with E-state index in [1.165, 1.54) is 12.1 Å². The number of rotatable bonds is 3. The summed E-state index contributed by atoms with van der Waals surface area (Å²) in [6, 6.07) is 2.54. The van der Waals surface area contributed by atoms with Crippen LogP contribution in [0.25, 0.3) is 0 Å². The highest BCUT2D eigenvalue weighted by molar-refractivity contribution is 6.77. The van der Waals surface area contributed by atoms with Gasteiger partial charge in [-0.25, -0.2) is 4.79 Å². The van der Waals surface area contributed by atoms with E-state index in [1.807, 2.05) is 0 Å². The molecule has 1 rings (SSSR count). The first-order valence-corrected chi connectivity index (χ1v) is 9.61. The number of hydrogen-bond donors (Lipinski definition) is 0. The predicted molar refractivity (Wildman–Crippen MR) is 70.3 cm³/mol. The van der Waals surface area contributed by atoms with Gasteiger partial charge in [0.25, 0.3) is 0 Å². The van der Waals surface area contributed by atoms with Crippen LogP contribution >= 0.6 is 0 Å². The lowest BCUT2D eigenvalue weighted by Crippen LogP contribution is -2.44. The molecular weight excluding hydrogens is 216 g/mol. The topological polar surface area (TPSA) is 26.3 Å². The standard InChI is InChI=1S/C13H24O2Si/c1-6-13(15-12(14)11(2)3)7-9-16(4,5)10-8-13/h2,6-10H2,1,3-5H3. The lowest BCUT2D eigenvalue weighted by molar-refractivity contribution is -0.156. The minimum atomic E-state index is -0.988. The molecule has 0 bridgehead atoms. The summed E-state index contributed by atoms with van der Waals surface area (Å²) in [5.41, 5.74) is 0.313. The van der Waals surface area contributed by atoms with Crippen LogP contribution in [-0.2, 0) is 9.53 Å². The van der Waals surface area contributed by atoms with E-state index in [9.17, 15) is 4.79 Å². The summed E-state index contributed by atoms with van der Waals surface area (Å²) in [5.74, 6) is -0.219. The van der Waals surface area contributed by atoms with E-state index in [0.29, 0.717) is 5.57 Å². The Morgan fingerprint density at radius 1 is 1.38 bits per heavy atom. The molecule has 1 fully saturated rings. The SMILES string of the molecule is C=C(C)C(=O)OC1(CC)CC[Si](C)(C)CC1. The normalized spacial score (nSPS) is 22.5. The molecule has 0 unspecified atom stereocenters. The van der Waals surface area contributed by atoms with E-state index in [0.717, 1.165) is 19.3 Å². The number of ether oxygens (including phenoxy) is 1. The Morgan fingerprint density at radius 2 is 1.88 bits per heavy atom. The van der Waals surface area contributed by atoms with Crippen molar-refractivity contribution < 1.29 is 9.53 Å². The summed E-state index contributed by atoms with van der Waals surface area (Å²) in [6.07, 6.45) is 3.01. The van der Waals surface area contributed by atoms with E-state index < -0.39 is 8.07 Å². The third-order valence-corrected chi connectivity index (χ3v) is 7.02. The van der Waals surface area contributed by atoms with Crippen molar-refractivity contribution >= 4 is 14.0 Å². The average molecular weight is 240 g/mol. The molecule has 0 aromatic rings. The molecule has 0 amide bonds. The second-order valence-corrected chi connectivity index (χ2v) is 11.2. The molecule has 16 heavy (non-hydrogen) atoms. The molecule has 3 heteroatoms. The Hall–Kier alpha value is -0.573. The fourth-order valence-electron chi connectivity index (χ4n) is 2.19. The van der Waals surface area contributed by atoms with Crippen molar-refractivity contribution in [3.05, 3.63) is 12.2 Å². The van der Waals surface area contributed by atoms with Gasteiger partial charge in [0.05, 0.1) is 0 Å². The fraction of sp³-hybridized carbons (Fsp3) is 0.769. The molecule has 0 aliphatic carbocycles. The Balaban J connectivity index is 2.66.